The molecule has 138 valence electrons. The van der Waals surface area contributed by atoms with Crippen molar-refractivity contribution in [3.63, 3.8) is 0 Å². The van der Waals surface area contributed by atoms with Gasteiger partial charge in [-0.25, -0.2) is 4.39 Å². The predicted octanol–water partition coefficient (Wildman–Crippen LogP) is 4.82. The van der Waals surface area contributed by atoms with Crippen molar-refractivity contribution in [1.82, 2.24) is 4.90 Å². The fourth-order valence-electron chi connectivity index (χ4n) is 3.17. The second-order valence-electron chi connectivity index (χ2n) is 6.89. The van der Waals surface area contributed by atoms with Crippen LogP contribution in [0.4, 0.5) is 10.1 Å². The molecule has 3 rings (SSSR count). The SMILES string of the molecule is Cc1ccc(C)c(NC(=S)N(Cc2cccc(F)c2)CC2CCCO2)c1. The Labute approximate surface area is 160 Å². The highest BCUT2D eigenvalue weighted by Gasteiger charge is 2.21. The molecule has 1 aliphatic rings. The molecule has 5 heteroatoms. The summed E-state index contributed by atoms with van der Waals surface area (Å²) in [6.45, 7) is 6.17. The molecule has 0 amide bonds. The highest BCUT2D eigenvalue weighted by atomic mass is 32.1. The number of hydrogen-bond donors (Lipinski definition) is 1. The van der Waals surface area contributed by atoms with Crippen LogP contribution in [0.1, 0.15) is 29.5 Å². The van der Waals surface area contributed by atoms with Crippen LogP contribution in [0.5, 0.6) is 0 Å². The fraction of sp³-hybridized carbons (Fsp3) is 0.381. The van der Waals surface area contributed by atoms with Crippen LogP contribution < -0.4 is 5.32 Å². The molecule has 26 heavy (non-hydrogen) atoms. The van der Waals surface area contributed by atoms with Gasteiger partial charge in [0.1, 0.15) is 5.82 Å². The van der Waals surface area contributed by atoms with Gasteiger partial charge in [-0.3, -0.25) is 0 Å². The molecule has 3 nitrogen and oxygen atoms in total. The minimum Gasteiger partial charge on any atom is -0.376 e. The molecule has 0 spiro atoms. The first-order valence-corrected chi connectivity index (χ1v) is 9.41. The smallest absolute Gasteiger partial charge is 0.173 e. The lowest BCUT2D eigenvalue weighted by atomic mass is 10.1. The Bertz CT molecular complexity index is 774. The first kappa shape index (κ1) is 18.8. The van der Waals surface area contributed by atoms with E-state index in [1.807, 2.05) is 6.07 Å². The molecule has 1 saturated heterocycles. The van der Waals surface area contributed by atoms with Crippen LogP contribution in [0.2, 0.25) is 0 Å². The number of nitrogens with one attached hydrogen (secondary N) is 1. The average molecular weight is 373 g/mol. The first-order valence-electron chi connectivity index (χ1n) is 9.00. The van der Waals surface area contributed by atoms with E-state index in [-0.39, 0.29) is 11.9 Å². The number of ether oxygens (including phenoxy) is 1. The Balaban J connectivity index is 1.76. The summed E-state index contributed by atoms with van der Waals surface area (Å²) >= 11 is 5.69. The van der Waals surface area contributed by atoms with E-state index in [2.05, 4.69) is 42.3 Å². The highest BCUT2D eigenvalue weighted by molar-refractivity contribution is 7.80. The number of benzene rings is 2. The Hall–Kier alpha value is -1.98. The van der Waals surface area contributed by atoms with Gasteiger partial charge in [0, 0.05) is 25.4 Å². The standard InChI is InChI=1S/C21H25FN2OS/c1-15-8-9-16(2)20(11-15)23-21(26)24(14-19-7-4-10-25-19)13-17-5-3-6-18(22)12-17/h3,5-6,8-9,11-12,19H,4,7,10,13-14H2,1-2H3,(H,23,26). The van der Waals surface area contributed by atoms with Crippen molar-refractivity contribution in [2.24, 2.45) is 0 Å². The predicted molar refractivity (Wildman–Crippen MR) is 108 cm³/mol. The monoisotopic (exact) mass is 372 g/mol. The molecule has 0 aromatic heterocycles. The number of thiocarbonyl (C=S) groups is 1. The molecular weight excluding hydrogens is 347 g/mol. The lowest BCUT2D eigenvalue weighted by molar-refractivity contribution is 0.0905. The van der Waals surface area contributed by atoms with Crippen LogP contribution in [0.15, 0.2) is 42.5 Å². The zero-order valence-electron chi connectivity index (χ0n) is 15.3. The Morgan fingerprint density at radius 2 is 2.12 bits per heavy atom. The molecule has 1 atom stereocenters. The minimum absolute atomic E-state index is 0.168. The molecule has 0 bridgehead atoms. The van der Waals surface area contributed by atoms with Gasteiger partial charge in [-0.2, -0.15) is 0 Å². The van der Waals surface area contributed by atoms with Gasteiger partial charge in [-0.1, -0.05) is 24.3 Å². The Morgan fingerprint density at radius 1 is 1.27 bits per heavy atom. The number of anilines is 1. The summed E-state index contributed by atoms with van der Waals surface area (Å²) in [5, 5.41) is 4.01. The highest BCUT2D eigenvalue weighted by Crippen LogP contribution is 2.20. The van der Waals surface area contributed by atoms with E-state index >= 15 is 0 Å². The Morgan fingerprint density at radius 3 is 2.85 bits per heavy atom. The zero-order chi connectivity index (χ0) is 18.5. The van der Waals surface area contributed by atoms with Crippen molar-refractivity contribution in [1.29, 1.82) is 0 Å². The van der Waals surface area contributed by atoms with Gasteiger partial charge in [0.15, 0.2) is 5.11 Å². The van der Waals surface area contributed by atoms with Gasteiger partial charge >= 0.3 is 0 Å². The van der Waals surface area contributed by atoms with E-state index in [1.165, 1.54) is 11.6 Å². The van der Waals surface area contributed by atoms with Crippen molar-refractivity contribution < 1.29 is 9.13 Å². The van der Waals surface area contributed by atoms with E-state index in [1.54, 1.807) is 12.1 Å². The van der Waals surface area contributed by atoms with Crippen LogP contribution >= 0.6 is 12.2 Å². The third-order valence-electron chi connectivity index (χ3n) is 4.63. The van der Waals surface area contributed by atoms with Crippen LogP contribution in [0, 0.1) is 19.7 Å². The summed E-state index contributed by atoms with van der Waals surface area (Å²) in [6.07, 6.45) is 2.28. The van der Waals surface area contributed by atoms with Gasteiger partial charge in [-0.15, -0.1) is 0 Å². The van der Waals surface area contributed by atoms with Gasteiger partial charge in [-0.05, 0) is 73.8 Å². The number of aryl methyl sites for hydroxylation is 2. The van der Waals surface area contributed by atoms with E-state index in [4.69, 9.17) is 17.0 Å². The van der Waals surface area contributed by atoms with Gasteiger partial charge < -0.3 is 15.0 Å². The molecular formula is C21H25FN2OS. The summed E-state index contributed by atoms with van der Waals surface area (Å²) in [5.74, 6) is -0.229. The van der Waals surface area contributed by atoms with Crippen LogP contribution in [-0.4, -0.2) is 29.3 Å². The number of halogens is 1. The molecule has 1 N–H and O–H groups in total. The van der Waals surface area contributed by atoms with Crippen molar-refractivity contribution in [2.75, 3.05) is 18.5 Å². The van der Waals surface area contributed by atoms with Crippen LogP contribution in [0.3, 0.4) is 0 Å². The van der Waals surface area contributed by atoms with E-state index in [0.717, 1.165) is 36.3 Å². The normalized spacial score (nSPS) is 16.5. The van der Waals surface area contributed by atoms with Crippen molar-refractivity contribution >= 4 is 23.0 Å². The van der Waals surface area contributed by atoms with E-state index in [0.29, 0.717) is 18.2 Å². The van der Waals surface area contributed by atoms with Gasteiger partial charge in [0.05, 0.1) is 6.10 Å². The fourth-order valence-corrected chi connectivity index (χ4v) is 3.42. The largest absolute Gasteiger partial charge is 0.376 e. The first-order chi connectivity index (χ1) is 12.5. The molecule has 1 fully saturated rings. The molecule has 2 aromatic rings. The topological polar surface area (TPSA) is 24.5 Å². The third-order valence-corrected chi connectivity index (χ3v) is 4.99. The lowest BCUT2D eigenvalue weighted by Crippen LogP contribution is -2.39. The van der Waals surface area contributed by atoms with Gasteiger partial charge in [0.2, 0.25) is 0 Å². The third kappa shape index (κ3) is 5.02. The second-order valence-corrected chi connectivity index (χ2v) is 7.28. The molecule has 1 aliphatic heterocycles. The average Bonchev–Trinajstić information content (AvgIpc) is 3.11. The summed E-state index contributed by atoms with van der Waals surface area (Å²) in [5.41, 5.74) is 4.22. The summed E-state index contributed by atoms with van der Waals surface area (Å²) in [6, 6.07) is 12.9. The van der Waals surface area contributed by atoms with E-state index in [9.17, 15) is 4.39 Å². The number of hydrogen-bond acceptors (Lipinski definition) is 2. The lowest BCUT2D eigenvalue weighted by Gasteiger charge is -2.29. The molecule has 2 aromatic carbocycles. The van der Waals surface area contributed by atoms with E-state index < -0.39 is 0 Å². The van der Waals surface area contributed by atoms with Crippen LogP contribution in [0.25, 0.3) is 0 Å². The maximum absolute atomic E-state index is 13.6. The molecule has 0 radical (unpaired) electrons. The minimum atomic E-state index is -0.229. The molecule has 1 unspecified atom stereocenters. The quantitative estimate of drug-likeness (QED) is 0.761. The number of rotatable bonds is 5. The maximum Gasteiger partial charge on any atom is 0.173 e. The maximum atomic E-state index is 13.6. The molecule has 0 aliphatic carbocycles. The summed E-state index contributed by atoms with van der Waals surface area (Å²) in [4.78, 5) is 2.07. The zero-order valence-corrected chi connectivity index (χ0v) is 16.1. The molecule has 0 saturated carbocycles. The Kier molecular flexibility index (Phi) is 6.22. The van der Waals surface area contributed by atoms with Crippen molar-refractivity contribution in [3.05, 3.63) is 65.0 Å². The van der Waals surface area contributed by atoms with Crippen molar-refractivity contribution in [2.45, 2.75) is 39.3 Å². The summed E-state index contributed by atoms with van der Waals surface area (Å²) in [7, 11) is 0. The second kappa shape index (κ2) is 8.60. The number of nitrogens with zero attached hydrogens (tertiary/aromatic N) is 1. The summed E-state index contributed by atoms with van der Waals surface area (Å²) < 4.78 is 19.4. The molecule has 1 heterocycles. The van der Waals surface area contributed by atoms with Crippen molar-refractivity contribution in [3.8, 4) is 0 Å². The van der Waals surface area contributed by atoms with Gasteiger partial charge in [0.25, 0.3) is 0 Å². The van der Waals surface area contributed by atoms with Crippen LogP contribution in [-0.2, 0) is 11.3 Å².